The van der Waals surface area contributed by atoms with E-state index < -0.39 is 6.03 Å². The Morgan fingerprint density at radius 2 is 1.60 bits per heavy atom. The van der Waals surface area contributed by atoms with Crippen LogP contribution in [0.1, 0.15) is 11.1 Å². The van der Waals surface area contributed by atoms with E-state index in [1.807, 2.05) is 30.3 Å². The number of fused-ring (bicyclic) bond motifs is 4. The van der Waals surface area contributed by atoms with Crippen LogP contribution < -0.4 is 10.6 Å². The average molecular weight is 435 g/mol. The molecule has 0 fully saturated rings. The number of hydrogen-bond donors (Lipinski definition) is 3. The standard InChI is InChI=1S/C24H16Cl2N2O2/c25-21-12-22(26)23(20-11-16(29)6-8-19(20)21)28-24(30)27-15-5-7-18-14(10-15)9-13-3-1-2-4-17(13)18/h1-8,10-12,29H,9H2,(H2,27,28,30). The van der Waals surface area contributed by atoms with Crippen molar-refractivity contribution in [3.05, 3.63) is 87.9 Å². The molecule has 1 aliphatic carbocycles. The molecular weight excluding hydrogens is 419 g/mol. The van der Waals surface area contributed by atoms with E-state index in [2.05, 4.69) is 22.8 Å². The highest BCUT2D eigenvalue weighted by atomic mass is 35.5. The highest BCUT2D eigenvalue weighted by Crippen LogP contribution is 2.39. The zero-order chi connectivity index (χ0) is 20.8. The Balaban J connectivity index is 1.41. The highest BCUT2D eigenvalue weighted by molar-refractivity contribution is 6.41. The molecule has 0 saturated heterocycles. The van der Waals surface area contributed by atoms with Gasteiger partial charge in [0.15, 0.2) is 0 Å². The van der Waals surface area contributed by atoms with Crippen LogP contribution in [0.2, 0.25) is 10.0 Å². The van der Waals surface area contributed by atoms with Gasteiger partial charge in [0.25, 0.3) is 0 Å². The molecule has 30 heavy (non-hydrogen) atoms. The summed E-state index contributed by atoms with van der Waals surface area (Å²) in [5.41, 5.74) is 5.97. The minimum absolute atomic E-state index is 0.0579. The molecule has 0 atom stereocenters. The molecule has 0 bridgehead atoms. The maximum absolute atomic E-state index is 12.7. The predicted molar refractivity (Wildman–Crippen MR) is 123 cm³/mol. The van der Waals surface area contributed by atoms with Gasteiger partial charge in [0.05, 0.1) is 15.7 Å². The second-order valence-corrected chi connectivity index (χ2v) is 8.04. The molecule has 6 heteroatoms. The quantitative estimate of drug-likeness (QED) is 0.278. The van der Waals surface area contributed by atoms with E-state index in [1.54, 1.807) is 12.1 Å². The first kappa shape index (κ1) is 18.8. The third-order valence-corrected chi connectivity index (χ3v) is 5.92. The molecule has 0 heterocycles. The van der Waals surface area contributed by atoms with Crippen molar-refractivity contribution in [2.24, 2.45) is 0 Å². The number of carbonyl (C=O) groups is 1. The third-order valence-electron chi connectivity index (χ3n) is 5.31. The van der Waals surface area contributed by atoms with Crippen molar-refractivity contribution in [1.82, 2.24) is 0 Å². The van der Waals surface area contributed by atoms with Gasteiger partial charge in [-0.15, -0.1) is 0 Å². The van der Waals surface area contributed by atoms with Gasteiger partial charge in [0.2, 0.25) is 0 Å². The van der Waals surface area contributed by atoms with Crippen molar-refractivity contribution in [2.45, 2.75) is 6.42 Å². The maximum Gasteiger partial charge on any atom is 0.323 e. The van der Waals surface area contributed by atoms with Gasteiger partial charge in [-0.3, -0.25) is 0 Å². The molecule has 4 aromatic rings. The van der Waals surface area contributed by atoms with Crippen LogP contribution in [0.3, 0.4) is 0 Å². The van der Waals surface area contributed by atoms with Gasteiger partial charge in [-0.05, 0) is 65.1 Å². The molecule has 148 valence electrons. The van der Waals surface area contributed by atoms with E-state index in [0.29, 0.717) is 27.2 Å². The van der Waals surface area contributed by atoms with Crippen molar-refractivity contribution in [3.63, 3.8) is 0 Å². The molecular formula is C24H16Cl2N2O2. The number of amides is 2. The van der Waals surface area contributed by atoms with Gasteiger partial charge >= 0.3 is 6.03 Å². The van der Waals surface area contributed by atoms with E-state index in [0.717, 1.165) is 6.42 Å². The smallest absolute Gasteiger partial charge is 0.323 e. The number of anilines is 2. The average Bonchev–Trinajstić information content (AvgIpc) is 3.08. The largest absolute Gasteiger partial charge is 0.508 e. The van der Waals surface area contributed by atoms with Crippen molar-refractivity contribution in [1.29, 1.82) is 0 Å². The molecule has 4 nitrogen and oxygen atoms in total. The Morgan fingerprint density at radius 1 is 0.800 bits per heavy atom. The number of rotatable bonds is 2. The van der Waals surface area contributed by atoms with E-state index >= 15 is 0 Å². The van der Waals surface area contributed by atoms with E-state index in [9.17, 15) is 9.90 Å². The molecule has 0 unspecified atom stereocenters. The zero-order valence-corrected chi connectivity index (χ0v) is 17.2. The molecule has 2 amide bonds. The summed E-state index contributed by atoms with van der Waals surface area (Å²) < 4.78 is 0. The van der Waals surface area contributed by atoms with Crippen LogP contribution in [0.5, 0.6) is 5.75 Å². The topological polar surface area (TPSA) is 61.4 Å². The summed E-state index contributed by atoms with van der Waals surface area (Å²) in [4.78, 5) is 12.7. The predicted octanol–water partition coefficient (Wildman–Crippen LogP) is 7.07. The Hall–Kier alpha value is -3.21. The van der Waals surface area contributed by atoms with E-state index in [-0.39, 0.29) is 10.8 Å². The van der Waals surface area contributed by atoms with Crippen molar-refractivity contribution in [3.8, 4) is 16.9 Å². The van der Waals surface area contributed by atoms with Gasteiger partial charge in [-0.25, -0.2) is 4.79 Å². The summed E-state index contributed by atoms with van der Waals surface area (Å²) in [6.07, 6.45) is 0.843. The van der Waals surface area contributed by atoms with Crippen molar-refractivity contribution < 1.29 is 9.90 Å². The van der Waals surface area contributed by atoms with E-state index in [4.69, 9.17) is 23.2 Å². The molecule has 0 saturated carbocycles. The number of hydrogen-bond acceptors (Lipinski definition) is 2. The van der Waals surface area contributed by atoms with Crippen LogP contribution in [0, 0.1) is 0 Å². The van der Waals surface area contributed by atoms with Crippen LogP contribution in [0.25, 0.3) is 21.9 Å². The summed E-state index contributed by atoms with van der Waals surface area (Å²) in [6, 6.07) is 20.1. The summed E-state index contributed by atoms with van der Waals surface area (Å²) in [6.45, 7) is 0. The molecule has 0 spiro atoms. The summed E-state index contributed by atoms with van der Waals surface area (Å²) in [5, 5.41) is 17.5. The van der Waals surface area contributed by atoms with Crippen LogP contribution in [0.4, 0.5) is 16.2 Å². The summed E-state index contributed by atoms with van der Waals surface area (Å²) >= 11 is 12.6. The fraction of sp³-hybridized carbons (Fsp3) is 0.0417. The van der Waals surface area contributed by atoms with Gasteiger partial charge in [-0.2, -0.15) is 0 Å². The summed E-state index contributed by atoms with van der Waals surface area (Å²) in [7, 11) is 0. The fourth-order valence-corrected chi connectivity index (χ4v) is 4.55. The van der Waals surface area contributed by atoms with Crippen molar-refractivity contribution in [2.75, 3.05) is 10.6 Å². The monoisotopic (exact) mass is 434 g/mol. The summed E-state index contributed by atoms with van der Waals surface area (Å²) in [5.74, 6) is 0.0579. The van der Waals surface area contributed by atoms with E-state index in [1.165, 1.54) is 34.4 Å². The second-order valence-electron chi connectivity index (χ2n) is 7.23. The normalized spacial score (nSPS) is 11.8. The zero-order valence-electron chi connectivity index (χ0n) is 15.7. The number of urea groups is 1. The number of benzene rings is 4. The van der Waals surface area contributed by atoms with Crippen molar-refractivity contribution >= 4 is 51.4 Å². The minimum Gasteiger partial charge on any atom is -0.508 e. The Bertz CT molecular complexity index is 1330. The van der Waals surface area contributed by atoms with Crippen LogP contribution in [-0.2, 0) is 6.42 Å². The fourth-order valence-electron chi connectivity index (χ4n) is 3.96. The number of phenols is 1. The molecule has 0 aliphatic heterocycles. The number of carbonyl (C=O) groups excluding carboxylic acids is 1. The molecule has 4 aromatic carbocycles. The number of aromatic hydroxyl groups is 1. The number of halogens is 2. The minimum atomic E-state index is -0.431. The number of nitrogens with one attached hydrogen (secondary N) is 2. The van der Waals surface area contributed by atoms with Crippen LogP contribution in [-0.4, -0.2) is 11.1 Å². The Kier molecular flexibility index (Phi) is 4.54. The SMILES string of the molecule is O=C(Nc1ccc2c(c1)Cc1ccccc1-2)Nc1c(Cl)cc(Cl)c2ccc(O)cc12. The molecule has 3 N–H and O–H groups in total. The number of phenolic OH excluding ortho intramolecular Hbond substituents is 1. The third kappa shape index (κ3) is 3.24. The van der Waals surface area contributed by atoms with Gasteiger partial charge in [-0.1, -0.05) is 53.5 Å². The lowest BCUT2D eigenvalue weighted by Crippen LogP contribution is -2.20. The Labute approximate surface area is 183 Å². The lowest BCUT2D eigenvalue weighted by molar-refractivity contribution is 0.262. The first-order valence-corrected chi connectivity index (χ1v) is 10.1. The lowest BCUT2D eigenvalue weighted by atomic mass is 10.1. The van der Waals surface area contributed by atoms with Gasteiger partial charge < -0.3 is 15.7 Å². The van der Waals surface area contributed by atoms with Crippen LogP contribution >= 0.6 is 23.2 Å². The molecule has 1 aliphatic rings. The second kappa shape index (κ2) is 7.24. The molecule has 0 aromatic heterocycles. The molecule has 0 radical (unpaired) electrons. The first-order chi connectivity index (χ1) is 14.5. The maximum atomic E-state index is 12.7. The van der Waals surface area contributed by atoms with Crippen LogP contribution in [0.15, 0.2) is 66.7 Å². The molecule has 5 rings (SSSR count). The lowest BCUT2D eigenvalue weighted by Gasteiger charge is -2.14. The van der Waals surface area contributed by atoms with Gasteiger partial charge in [0.1, 0.15) is 5.75 Å². The highest BCUT2D eigenvalue weighted by Gasteiger charge is 2.19. The Morgan fingerprint density at radius 3 is 2.47 bits per heavy atom. The van der Waals surface area contributed by atoms with Gasteiger partial charge in [0, 0.05) is 16.5 Å². The first-order valence-electron chi connectivity index (χ1n) is 9.39.